The lowest BCUT2D eigenvalue weighted by molar-refractivity contribution is -0.147. The molecule has 1 fully saturated rings. The molecule has 0 aliphatic heterocycles. The number of carbonyl (C=O) groups is 1. The first-order valence-electron chi connectivity index (χ1n) is 5.35. The number of rotatable bonds is 4. The molecule has 1 atom stereocenters. The van der Waals surface area contributed by atoms with Crippen LogP contribution in [0.4, 0.5) is 0 Å². The van der Waals surface area contributed by atoms with Crippen molar-refractivity contribution in [2.75, 3.05) is 0 Å². The van der Waals surface area contributed by atoms with Crippen LogP contribution in [-0.4, -0.2) is 21.4 Å². The van der Waals surface area contributed by atoms with Gasteiger partial charge < -0.3 is 10.2 Å². The molecule has 3 nitrogen and oxygen atoms in total. The van der Waals surface area contributed by atoms with Gasteiger partial charge in [0.05, 0.1) is 0 Å². The van der Waals surface area contributed by atoms with Gasteiger partial charge in [0.2, 0.25) is 0 Å². The van der Waals surface area contributed by atoms with Gasteiger partial charge in [-0.1, -0.05) is 24.6 Å². The van der Waals surface area contributed by atoms with Gasteiger partial charge in [-0.2, -0.15) is 0 Å². The summed E-state index contributed by atoms with van der Waals surface area (Å²) >= 11 is 1.68. The molecule has 0 amide bonds. The Labute approximate surface area is 98.5 Å². The molecule has 1 unspecified atom stereocenters. The number of carboxylic acid groups (broad SMARTS) is 1. The topological polar surface area (TPSA) is 57.5 Å². The van der Waals surface area contributed by atoms with Crippen LogP contribution >= 0.6 is 11.8 Å². The van der Waals surface area contributed by atoms with Crippen molar-refractivity contribution in [3.05, 3.63) is 29.8 Å². The molecule has 16 heavy (non-hydrogen) atoms. The predicted octanol–water partition coefficient (Wildman–Crippen LogP) is 2.45. The number of aliphatic hydroxyl groups excluding tert-OH is 1. The lowest BCUT2D eigenvalue weighted by atomic mass is 10.00. The Balaban J connectivity index is 2.18. The summed E-state index contributed by atoms with van der Waals surface area (Å²) in [5.41, 5.74) is 0.506. The van der Waals surface area contributed by atoms with E-state index >= 15 is 0 Å². The monoisotopic (exact) mass is 238 g/mol. The Morgan fingerprint density at radius 2 is 2.06 bits per heavy atom. The van der Waals surface area contributed by atoms with Crippen molar-refractivity contribution in [1.29, 1.82) is 0 Å². The lowest BCUT2D eigenvalue weighted by Crippen LogP contribution is -2.15. The van der Waals surface area contributed by atoms with E-state index in [-0.39, 0.29) is 0 Å². The summed E-state index contributed by atoms with van der Waals surface area (Å²) < 4.78 is 0. The maximum Gasteiger partial charge on any atom is 0.337 e. The Morgan fingerprint density at radius 1 is 1.38 bits per heavy atom. The largest absolute Gasteiger partial charge is 0.479 e. The van der Waals surface area contributed by atoms with E-state index in [1.807, 2.05) is 12.1 Å². The summed E-state index contributed by atoms with van der Waals surface area (Å²) in [6, 6.07) is 7.19. The molecule has 86 valence electrons. The maximum atomic E-state index is 10.8. The fourth-order valence-corrected chi connectivity index (χ4v) is 3.02. The van der Waals surface area contributed by atoms with Crippen LogP contribution in [0, 0.1) is 0 Å². The van der Waals surface area contributed by atoms with E-state index in [1.165, 1.54) is 19.3 Å². The zero-order chi connectivity index (χ0) is 11.5. The van der Waals surface area contributed by atoms with E-state index in [1.54, 1.807) is 23.9 Å². The molecule has 1 saturated carbocycles. The van der Waals surface area contributed by atoms with E-state index in [4.69, 9.17) is 5.11 Å². The van der Waals surface area contributed by atoms with Gasteiger partial charge in [0.1, 0.15) is 0 Å². The van der Waals surface area contributed by atoms with E-state index in [0.29, 0.717) is 10.8 Å². The minimum absolute atomic E-state index is 0.506. The van der Waals surface area contributed by atoms with Crippen molar-refractivity contribution < 1.29 is 15.0 Å². The van der Waals surface area contributed by atoms with Gasteiger partial charge in [0.25, 0.3) is 0 Å². The van der Waals surface area contributed by atoms with Gasteiger partial charge in [-0.25, -0.2) is 4.79 Å². The highest BCUT2D eigenvalue weighted by molar-refractivity contribution is 8.00. The van der Waals surface area contributed by atoms with Crippen molar-refractivity contribution in [3.63, 3.8) is 0 Å². The molecule has 0 heterocycles. The lowest BCUT2D eigenvalue weighted by Gasteiger charge is -2.25. The second-order valence-electron chi connectivity index (χ2n) is 3.95. The summed E-state index contributed by atoms with van der Waals surface area (Å²) in [5, 5.41) is 19.0. The van der Waals surface area contributed by atoms with Crippen LogP contribution in [-0.2, 0) is 4.79 Å². The van der Waals surface area contributed by atoms with Crippen LogP contribution < -0.4 is 0 Å². The third kappa shape index (κ3) is 2.39. The van der Waals surface area contributed by atoms with Crippen LogP contribution in [0.2, 0.25) is 0 Å². The zero-order valence-corrected chi connectivity index (χ0v) is 9.61. The fourth-order valence-electron chi connectivity index (χ4n) is 1.61. The SMILES string of the molecule is O=C(O)C(O)c1ccccc1SC1CCC1. The van der Waals surface area contributed by atoms with Gasteiger partial charge in [-0.15, -0.1) is 11.8 Å². The second kappa shape index (κ2) is 4.89. The maximum absolute atomic E-state index is 10.8. The highest BCUT2D eigenvalue weighted by atomic mass is 32.2. The van der Waals surface area contributed by atoms with Crippen molar-refractivity contribution in [1.82, 2.24) is 0 Å². The molecule has 0 aromatic heterocycles. The number of thioether (sulfide) groups is 1. The molecule has 0 bridgehead atoms. The Bertz CT molecular complexity index is 388. The number of hydrogen-bond donors (Lipinski definition) is 2. The molecule has 1 aliphatic carbocycles. The average Bonchev–Trinajstić information content (AvgIpc) is 2.23. The zero-order valence-electron chi connectivity index (χ0n) is 8.80. The summed E-state index contributed by atoms with van der Waals surface area (Å²) in [7, 11) is 0. The minimum Gasteiger partial charge on any atom is -0.479 e. The molecule has 0 radical (unpaired) electrons. The van der Waals surface area contributed by atoms with Crippen LogP contribution in [0.25, 0.3) is 0 Å². The third-order valence-corrected chi connectivity index (χ3v) is 4.22. The fraction of sp³-hybridized carbons (Fsp3) is 0.417. The van der Waals surface area contributed by atoms with Crippen LogP contribution in [0.1, 0.15) is 30.9 Å². The highest BCUT2D eigenvalue weighted by Gasteiger charge is 2.23. The number of benzene rings is 1. The smallest absolute Gasteiger partial charge is 0.337 e. The summed E-state index contributed by atoms with van der Waals surface area (Å²) in [6.45, 7) is 0. The third-order valence-electron chi connectivity index (χ3n) is 2.79. The van der Waals surface area contributed by atoms with E-state index < -0.39 is 12.1 Å². The van der Waals surface area contributed by atoms with Crippen molar-refractivity contribution in [2.45, 2.75) is 35.5 Å². The van der Waals surface area contributed by atoms with Gasteiger partial charge in [0, 0.05) is 15.7 Å². The summed E-state index contributed by atoms with van der Waals surface area (Å²) in [5.74, 6) is -1.19. The van der Waals surface area contributed by atoms with Gasteiger partial charge in [-0.05, 0) is 18.9 Å². The Morgan fingerprint density at radius 3 is 2.62 bits per heavy atom. The Kier molecular flexibility index (Phi) is 3.51. The Hall–Kier alpha value is -1.00. The van der Waals surface area contributed by atoms with Crippen molar-refractivity contribution >= 4 is 17.7 Å². The molecule has 1 aromatic rings. The first kappa shape index (κ1) is 11.5. The first-order valence-corrected chi connectivity index (χ1v) is 6.23. The average molecular weight is 238 g/mol. The molecule has 1 aliphatic rings. The number of aliphatic hydroxyl groups is 1. The number of aliphatic carboxylic acids is 1. The molecule has 2 N–H and O–H groups in total. The molecule has 0 saturated heterocycles. The van der Waals surface area contributed by atoms with Crippen LogP contribution in [0.3, 0.4) is 0 Å². The normalized spacial score (nSPS) is 17.8. The first-order chi connectivity index (χ1) is 7.68. The van der Waals surface area contributed by atoms with E-state index in [2.05, 4.69) is 0 Å². The van der Waals surface area contributed by atoms with Gasteiger partial charge in [0.15, 0.2) is 6.10 Å². The summed E-state index contributed by atoms with van der Waals surface area (Å²) in [6.07, 6.45) is 2.20. The molecule has 2 rings (SSSR count). The molecular formula is C12H14O3S. The predicted molar refractivity (Wildman–Crippen MR) is 62.5 cm³/mol. The second-order valence-corrected chi connectivity index (χ2v) is 5.29. The number of carboxylic acids is 1. The minimum atomic E-state index is -1.41. The van der Waals surface area contributed by atoms with Crippen LogP contribution in [0.15, 0.2) is 29.2 Å². The molecule has 1 aromatic carbocycles. The quantitative estimate of drug-likeness (QED) is 0.846. The van der Waals surface area contributed by atoms with Crippen molar-refractivity contribution in [2.24, 2.45) is 0 Å². The molecule has 0 spiro atoms. The highest BCUT2D eigenvalue weighted by Crippen LogP contribution is 2.39. The van der Waals surface area contributed by atoms with E-state index in [9.17, 15) is 9.90 Å². The van der Waals surface area contributed by atoms with Crippen molar-refractivity contribution in [3.8, 4) is 0 Å². The van der Waals surface area contributed by atoms with Gasteiger partial charge in [-0.3, -0.25) is 0 Å². The molecular weight excluding hydrogens is 224 g/mol. The van der Waals surface area contributed by atoms with Crippen LogP contribution in [0.5, 0.6) is 0 Å². The number of hydrogen-bond acceptors (Lipinski definition) is 3. The van der Waals surface area contributed by atoms with E-state index in [0.717, 1.165) is 4.90 Å². The van der Waals surface area contributed by atoms with Gasteiger partial charge >= 0.3 is 5.97 Å². The standard InChI is InChI=1S/C12H14O3S/c13-11(12(14)15)9-6-1-2-7-10(9)16-8-4-3-5-8/h1-2,6-8,11,13H,3-5H2,(H,14,15). The summed E-state index contributed by atoms with van der Waals surface area (Å²) in [4.78, 5) is 11.7. The molecule has 4 heteroatoms.